The number of carbonyl (C=O) groups is 1. The fourth-order valence-electron chi connectivity index (χ4n) is 4.87. The van der Waals surface area contributed by atoms with Crippen molar-refractivity contribution >= 4 is 17.8 Å². The lowest BCUT2D eigenvalue weighted by molar-refractivity contribution is -0.125. The molecular formula is C22H25N5O. The van der Waals surface area contributed by atoms with Crippen LogP contribution in [0.2, 0.25) is 0 Å². The van der Waals surface area contributed by atoms with E-state index in [4.69, 9.17) is 0 Å². The molecule has 5 rings (SSSR count). The van der Waals surface area contributed by atoms with Crippen molar-refractivity contribution in [3.05, 3.63) is 60.2 Å². The predicted octanol–water partition coefficient (Wildman–Crippen LogP) is 3.27. The molecule has 0 bridgehead atoms. The summed E-state index contributed by atoms with van der Waals surface area (Å²) in [6, 6.07) is 4.58. The van der Waals surface area contributed by atoms with Crippen molar-refractivity contribution in [1.82, 2.24) is 19.7 Å². The highest BCUT2D eigenvalue weighted by molar-refractivity contribution is 5.92. The number of nitrogens with one attached hydrogen (secondary N) is 1. The Morgan fingerprint density at radius 3 is 2.82 bits per heavy atom. The molecule has 1 saturated heterocycles. The highest BCUT2D eigenvalue weighted by atomic mass is 16.2. The lowest BCUT2D eigenvalue weighted by atomic mass is 10.0. The first kappa shape index (κ1) is 17.2. The molecule has 1 saturated carbocycles. The molecular weight excluding hydrogens is 350 g/mol. The van der Waals surface area contributed by atoms with Crippen molar-refractivity contribution in [3.63, 3.8) is 0 Å². The zero-order valence-corrected chi connectivity index (χ0v) is 15.9. The summed E-state index contributed by atoms with van der Waals surface area (Å²) in [7, 11) is 0. The van der Waals surface area contributed by atoms with E-state index in [1.165, 1.54) is 5.56 Å². The molecule has 2 aliphatic heterocycles. The molecule has 144 valence electrons. The molecule has 28 heavy (non-hydrogen) atoms. The minimum absolute atomic E-state index is 0.106. The SMILES string of the molecule is C=C1CCc2cc(/C=C/C(=O)N3CC4CC(n5cccn5)CC4C3)cnc2N1. The largest absolute Gasteiger partial charge is 0.344 e. The molecule has 0 radical (unpaired) electrons. The molecule has 6 heteroatoms. The number of amides is 1. The van der Waals surface area contributed by atoms with E-state index in [9.17, 15) is 4.79 Å². The Kier molecular flexibility index (Phi) is 4.26. The number of aryl methyl sites for hydroxylation is 1. The van der Waals surface area contributed by atoms with E-state index in [1.54, 1.807) is 6.08 Å². The summed E-state index contributed by atoms with van der Waals surface area (Å²) in [5.41, 5.74) is 3.16. The van der Waals surface area contributed by atoms with Gasteiger partial charge in [0.1, 0.15) is 5.82 Å². The van der Waals surface area contributed by atoms with Crippen LogP contribution in [-0.2, 0) is 11.2 Å². The van der Waals surface area contributed by atoms with Crippen LogP contribution in [0.5, 0.6) is 0 Å². The van der Waals surface area contributed by atoms with Crippen LogP contribution in [0.15, 0.2) is 49.1 Å². The van der Waals surface area contributed by atoms with Crippen LogP contribution in [0.4, 0.5) is 5.82 Å². The van der Waals surface area contributed by atoms with Gasteiger partial charge in [0, 0.05) is 43.5 Å². The van der Waals surface area contributed by atoms with Gasteiger partial charge in [0.15, 0.2) is 0 Å². The van der Waals surface area contributed by atoms with Gasteiger partial charge in [0.25, 0.3) is 0 Å². The Balaban J connectivity index is 1.20. The minimum atomic E-state index is 0.106. The van der Waals surface area contributed by atoms with Crippen molar-refractivity contribution in [3.8, 4) is 0 Å². The number of hydrogen-bond acceptors (Lipinski definition) is 4. The van der Waals surface area contributed by atoms with Crippen molar-refractivity contribution in [2.24, 2.45) is 11.8 Å². The van der Waals surface area contributed by atoms with Gasteiger partial charge in [0.05, 0.1) is 6.04 Å². The van der Waals surface area contributed by atoms with Crippen LogP contribution in [0, 0.1) is 11.8 Å². The summed E-state index contributed by atoms with van der Waals surface area (Å²) in [4.78, 5) is 19.1. The Hall–Kier alpha value is -2.89. The van der Waals surface area contributed by atoms with Crippen LogP contribution >= 0.6 is 0 Å². The third kappa shape index (κ3) is 3.23. The Morgan fingerprint density at radius 1 is 1.25 bits per heavy atom. The predicted molar refractivity (Wildman–Crippen MR) is 108 cm³/mol. The number of anilines is 1. The highest BCUT2D eigenvalue weighted by Gasteiger charge is 2.42. The van der Waals surface area contributed by atoms with Gasteiger partial charge < -0.3 is 10.2 Å². The third-order valence-electron chi connectivity index (χ3n) is 6.33. The molecule has 2 unspecified atom stereocenters. The average molecular weight is 375 g/mol. The molecule has 2 aromatic heterocycles. The molecule has 4 heterocycles. The third-order valence-corrected chi connectivity index (χ3v) is 6.33. The zero-order chi connectivity index (χ0) is 19.1. The summed E-state index contributed by atoms with van der Waals surface area (Å²) in [5, 5.41) is 7.61. The van der Waals surface area contributed by atoms with E-state index in [2.05, 4.69) is 38.9 Å². The number of pyridine rings is 1. The first-order valence-electron chi connectivity index (χ1n) is 10.1. The Labute approximate surface area is 164 Å². The van der Waals surface area contributed by atoms with Crippen LogP contribution in [0.25, 0.3) is 6.08 Å². The molecule has 1 aliphatic carbocycles. The van der Waals surface area contributed by atoms with E-state index in [0.29, 0.717) is 17.9 Å². The maximum Gasteiger partial charge on any atom is 0.246 e. The van der Waals surface area contributed by atoms with Gasteiger partial charge in [0.2, 0.25) is 5.91 Å². The Morgan fingerprint density at radius 2 is 2.07 bits per heavy atom. The molecule has 3 aliphatic rings. The van der Waals surface area contributed by atoms with Crippen molar-refractivity contribution in [2.45, 2.75) is 31.7 Å². The summed E-state index contributed by atoms with van der Waals surface area (Å²) in [5.74, 6) is 2.18. The maximum absolute atomic E-state index is 12.7. The standard InChI is InChI=1S/C22H25N5O/c1-15-3-5-17-9-16(12-23-22(17)25-15)4-6-21(28)26-13-18-10-20(11-19(18)14-26)27-8-2-7-24-27/h2,4,6-9,12,18-20H,1,3,5,10-11,13-14H2,(H,23,25)/b6-4+. The number of rotatable bonds is 3. The van der Waals surface area contributed by atoms with Crippen LogP contribution in [0.1, 0.15) is 36.4 Å². The van der Waals surface area contributed by atoms with E-state index in [0.717, 1.165) is 55.9 Å². The van der Waals surface area contributed by atoms with Gasteiger partial charge in [-0.1, -0.05) is 6.58 Å². The first-order valence-corrected chi connectivity index (χ1v) is 10.1. The second-order valence-electron chi connectivity index (χ2n) is 8.21. The van der Waals surface area contributed by atoms with Crippen LogP contribution < -0.4 is 5.32 Å². The van der Waals surface area contributed by atoms with Crippen molar-refractivity contribution in [2.75, 3.05) is 18.4 Å². The average Bonchev–Trinajstić information content (AvgIpc) is 3.41. The molecule has 2 atom stereocenters. The van der Waals surface area contributed by atoms with E-state index in [-0.39, 0.29) is 5.91 Å². The van der Waals surface area contributed by atoms with Gasteiger partial charge in [-0.15, -0.1) is 0 Å². The maximum atomic E-state index is 12.7. The molecule has 2 aromatic rings. The topological polar surface area (TPSA) is 63.1 Å². The Bertz CT molecular complexity index is 918. The smallest absolute Gasteiger partial charge is 0.246 e. The fraction of sp³-hybridized carbons (Fsp3) is 0.409. The summed E-state index contributed by atoms with van der Waals surface area (Å²) >= 11 is 0. The number of carbonyl (C=O) groups excluding carboxylic acids is 1. The molecule has 1 N–H and O–H groups in total. The van der Waals surface area contributed by atoms with E-state index >= 15 is 0 Å². The zero-order valence-electron chi connectivity index (χ0n) is 15.9. The van der Waals surface area contributed by atoms with Gasteiger partial charge >= 0.3 is 0 Å². The van der Waals surface area contributed by atoms with E-state index < -0.39 is 0 Å². The fourth-order valence-corrected chi connectivity index (χ4v) is 4.87. The monoisotopic (exact) mass is 375 g/mol. The van der Waals surface area contributed by atoms with Crippen LogP contribution in [-0.4, -0.2) is 38.7 Å². The van der Waals surface area contributed by atoms with Gasteiger partial charge in [-0.2, -0.15) is 5.10 Å². The molecule has 1 amide bonds. The molecule has 0 spiro atoms. The van der Waals surface area contributed by atoms with Crippen molar-refractivity contribution in [1.29, 1.82) is 0 Å². The second kappa shape index (κ2) is 6.93. The summed E-state index contributed by atoms with van der Waals surface area (Å²) < 4.78 is 2.08. The highest BCUT2D eigenvalue weighted by Crippen LogP contribution is 2.43. The van der Waals surface area contributed by atoms with Gasteiger partial charge in [-0.25, -0.2) is 4.98 Å². The summed E-state index contributed by atoms with van der Waals surface area (Å²) in [6.07, 6.45) is 13.4. The molecule has 6 nitrogen and oxygen atoms in total. The molecule has 2 fully saturated rings. The van der Waals surface area contributed by atoms with Gasteiger partial charge in [-0.3, -0.25) is 9.48 Å². The van der Waals surface area contributed by atoms with E-state index in [1.807, 2.05) is 29.4 Å². The quantitative estimate of drug-likeness (QED) is 0.837. The van der Waals surface area contributed by atoms with Crippen molar-refractivity contribution < 1.29 is 4.79 Å². The molecule has 0 aromatic carbocycles. The first-order chi connectivity index (χ1) is 13.7. The minimum Gasteiger partial charge on any atom is -0.344 e. The number of nitrogens with zero attached hydrogens (tertiary/aromatic N) is 4. The number of allylic oxidation sites excluding steroid dienone is 1. The second-order valence-corrected chi connectivity index (χ2v) is 8.21. The summed E-state index contributed by atoms with van der Waals surface area (Å²) in [6.45, 7) is 5.68. The normalized spacial score (nSPS) is 26.4. The lowest BCUT2D eigenvalue weighted by Gasteiger charge is -2.19. The van der Waals surface area contributed by atoms with Crippen LogP contribution in [0.3, 0.4) is 0 Å². The lowest BCUT2D eigenvalue weighted by Crippen LogP contribution is -2.28. The number of hydrogen-bond donors (Lipinski definition) is 1. The number of fused-ring (bicyclic) bond motifs is 2. The number of aromatic nitrogens is 3. The van der Waals surface area contributed by atoms with Gasteiger partial charge in [-0.05, 0) is 66.9 Å². The number of likely N-dealkylation sites (tertiary alicyclic amines) is 1.